The molecule has 23 heavy (non-hydrogen) atoms. The van der Waals surface area contributed by atoms with Gasteiger partial charge >= 0.3 is 0 Å². The fourth-order valence-electron chi connectivity index (χ4n) is 2.64. The molecule has 1 rings (SSSR count). The Labute approximate surface area is 139 Å². The van der Waals surface area contributed by atoms with Gasteiger partial charge in [0.25, 0.3) is 0 Å². The van der Waals surface area contributed by atoms with Crippen molar-refractivity contribution in [3.63, 3.8) is 0 Å². The van der Waals surface area contributed by atoms with Crippen molar-refractivity contribution in [2.24, 2.45) is 10.3 Å². The van der Waals surface area contributed by atoms with Gasteiger partial charge in [0.1, 0.15) is 11.4 Å². The van der Waals surface area contributed by atoms with Gasteiger partial charge in [-0.1, -0.05) is 92.0 Å². The van der Waals surface area contributed by atoms with Gasteiger partial charge in [0.15, 0.2) is 0 Å². The summed E-state index contributed by atoms with van der Waals surface area (Å²) in [6.07, 6.45) is 10.4. The Morgan fingerprint density at radius 3 is 1.91 bits per heavy atom. The molecular formula is C19H30N2O2. The SMILES string of the molecule is CCCCCCCCCCC(=N/O)/C(=N\O)c1ccc(C)cc1. The second-order valence-corrected chi connectivity index (χ2v) is 6.09. The topological polar surface area (TPSA) is 65.2 Å². The summed E-state index contributed by atoms with van der Waals surface area (Å²) in [4.78, 5) is 0. The number of hydrogen-bond donors (Lipinski definition) is 2. The smallest absolute Gasteiger partial charge is 0.134 e. The molecule has 128 valence electrons. The molecule has 0 fully saturated rings. The average Bonchev–Trinajstić information content (AvgIpc) is 2.57. The van der Waals surface area contributed by atoms with Crippen molar-refractivity contribution >= 4 is 11.4 Å². The Hall–Kier alpha value is -1.84. The first kappa shape index (κ1) is 19.2. The number of nitrogens with zero attached hydrogens (tertiary/aromatic N) is 2. The van der Waals surface area contributed by atoms with E-state index in [1.165, 1.54) is 38.5 Å². The molecule has 0 heterocycles. The summed E-state index contributed by atoms with van der Waals surface area (Å²) in [5, 5.41) is 25.2. The number of rotatable bonds is 11. The summed E-state index contributed by atoms with van der Waals surface area (Å²) in [7, 11) is 0. The summed E-state index contributed by atoms with van der Waals surface area (Å²) in [5.41, 5.74) is 2.71. The van der Waals surface area contributed by atoms with Crippen LogP contribution in [0.25, 0.3) is 0 Å². The van der Waals surface area contributed by atoms with Gasteiger partial charge in [-0.2, -0.15) is 0 Å². The minimum Gasteiger partial charge on any atom is -0.411 e. The van der Waals surface area contributed by atoms with E-state index in [2.05, 4.69) is 17.2 Å². The Morgan fingerprint density at radius 2 is 1.39 bits per heavy atom. The van der Waals surface area contributed by atoms with Gasteiger partial charge in [0.05, 0.1) is 0 Å². The number of aryl methyl sites for hydroxylation is 1. The van der Waals surface area contributed by atoms with E-state index in [9.17, 15) is 10.4 Å². The largest absolute Gasteiger partial charge is 0.411 e. The normalized spacial score (nSPS) is 12.6. The second kappa shape index (κ2) is 11.7. The highest BCUT2D eigenvalue weighted by Gasteiger charge is 2.13. The summed E-state index contributed by atoms with van der Waals surface area (Å²) in [6, 6.07) is 7.66. The third-order valence-corrected chi connectivity index (χ3v) is 4.09. The van der Waals surface area contributed by atoms with Gasteiger partial charge in [0, 0.05) is 5.56 Å². The molecule has 0 bridgehead atoms. The lowest BCUT2D eigenvalue weighted by molar-refractivity contribution is 0.313. The first-order valence-corrected chi connectivity index (χ1v) is 8.73. The summed E-state index contributed by atoms with van der Waals surface area (Å²) < 4.78 is 0. The van der Waals surface area contributed by atoms with E-state index >= 15 is 0 Å². The van der Waals surface area contributed by atoms with Crippen LogP contribution in [0.3, 0.4) is 0 Å². The van der Waals surface area contributed by atoms with Gasteiger partial charge in [0.2, 0.25) is 0 Å². The molecule has 2 N–H and O–H groups in total. The maximum absolute atomic E-state index is 9.27. The predicted molar refractivity (Wildman–Crippen MR) is 96.0 cm³/mol. The number of unbranched alkanes of at least 4 members (excludes halogenated alkanes) is 7. The monoisotopic (exact) mass is 318 g/mol. The Balaban J connectivity index is 2.39. The van der Waals surface area contributed by atoms with E-state index in [0.29, 0.717) is 17.8 Å². The molecule has 0 aliphatic heterocycles. The van der Waals surface area contributed by atoms with Crippen molar-refractivity contribution in [2.45, 2.75) is 71.6 Å². The van der Waals surface area contributed by atoms with Crippen LogP contribution < -0.4 is 0 Å². The van der Waals surface area contributed by atoms with Crippen LogP contribution in [0.5, 0.6) is 0 Å². The standard InChI is InChI=1S/C19H30N2O2/c1-3-4-5-6-7-8-9-10-11-18(20-22)19(21-23)17-14-12-16(2)13-15-17/h12-15,22-23H,3-11H2,1-2H3/b20-18-,21-19-. The zero-order valence-electron chi connectivity index (χ0n) is 14.5. The molecule has 1 aromatic carbocycles. The average molecular weight is 318 g/mol. The molecule has 0 aliphatic carbocycles. The van der Waals surface area contributed by atoms with Crippen LogP contribution >= 0.6 is 0 Å². The van der Waals surface area contributed by atoms with E-state index in [4.69, 9.17) is 0 Å². The third kappa shape index (κ3) is 7.31. The van der Waals surface area contributed by atoms with Gasteiger partial charge < -0.3 is 10.4 Å². The van der Waals surface area contributed by atoms with Crippen LogP contribution in [0, 0.1) is 6.92 Å². The number of oxime groups is 2. The molecule has 4 heteroatoms. The molecular weight excluding hydrogens is 288 g/mol. The Kier molecular flexibility index (Phi) is 9.76. The molecule has 1 aromatic rings. The van der Waals surface area contributed by atoms with Crippen molar-refractivity contribution in [1.29, 1.82) is 0 Å². The molecule has 0 spiro atoms. The molecule has 0 amide bonds. The first-order valence-electron chi connectivity index (χ1n) is 8.73. The lowest BCUT2D eigenvalue weighted by atomic mass is 9.99. The second-order valence-electron chi connectivity index (χ2n) is 6.09. The van der Waals surface area contributed by atoms with E-state index in [-0.39, 0.29) is 0 Å². The quantitative estimate of drug-likeness (QED) is 0.244. The van der Waals surface area contributed by atoms with Gasteiger partial charge in [-0.15, -0.1) is 0 Å². The maximum Gasteiger partial charge on any atom is 0.134 e. The van der Waals surface area contributed by atoms with E-state index in [1.54, 1.807) is 0 Å². The van der Waals surface area contributed by atoms with Crippen LogP contribution in [-0.4, -0.2) is 21.8 Å². The lowest BCUT2D eigenvalue weighted by Crippen LogP contribution is -2.16. The third-order valence-electron chi connectivity index (χ3n) is 4.09. The fraction of sp³-hybridized carbons (Fsp3) is 0.579. The molecule has 0 saturated heterocycles. The highest BCUT2D eigenvalue weighted by molar-refractivity contribution is 6.48. The van der Waals surface area contributed by atoms with Crippen LogP contribution in [0.4, 0.5) is 0 Å². The molecule has 0 unspecified atom stereocenters. The highest BCUT2D eigenvalue weighted by Crippen LogP contribution is 2.13. The lowest BCUT2D eigenvalue weighted by Gasteiger charge is -2.08. The Morgan fingerprint density at radius 1 is 0.826 bits per heavy atom. The zero-order valence-corrected chi connectivity index (χ0v) is 14.5. The minimum atomic E-state index is 0.357. The van der Waals surface area contributed by atoms with E-state index in [1.807, 2.05) is 31.2 Å². The first-order chi connectivity index (χ1) is 11.2. The van der Waals surface area contributed by atoms with Gasteiger partial charge in [-0.25, -0.2) is 0 Å². The maximum atomic E-state index is 9.27. The van der Waals surface area contributed by atoms with E-state index < -0.39 is 0 Å². The zero-order chi connectivity index (χ0) is 16.9. The van der Waals surface area contributed by atoms with Crippen molar-refractivity contribution in [1.82, 2.24) is 0 Å². The van der Waals surface area contributed by atoms with Crippen LogP contribution in [0.15, 0.2) is 34.6 Å². The van der Waals surface area contributed by atoms with Crippen molar-refractivity contribution in [3.8, 4) is 0 Å². The predicted octanol–water partition coefficient (Wildman–Crippen LogP) is 5.53. The summed E-state index contributed by atoms with van der Waals surface area (Å²) >= 11 is 0. The van der Waals surface area contributed by atoms with Crippen LogP contribution in [0.2, 0.25) is 0 Å². The van der Waals surface area contributed by atoms with Gasteiger partial charge in [-0.05, 0) is 19.8 Å². The molecule has 4 nitrogen and oxygen atoms in total. The van der Waals surface area contributed by atoms with Crippen molar-refractivity contribution < 1.29 is 10.4 Å². The molecule has 0 aromatic heterocycles. The van der Waals surface area contributed by atoms with Crippen molar-refractivity contribution in [3.05, 3.63) is 35.4 Å². The van der Waals surface area contributed by atoms with Crippen molar-refractivity contribution in [2.75, 3.05) is 0 Å². The molecule has 0 saturated carbocycles. The minimum absolute atomic E-state index is 0.357. The van der Waals surface area contributed by atoms with Crippen LogP contribution in [0.1, 0.15) is 75.8 Å². The van der Waals surface area contributed by atoms with E-state index in [0.717, 1.165) is 24.0 Å². The molecule has 0 atom stereocenters. The summed E-state index contributed by atoms with van der Waals surface area (Å²) in [6.45, 7) is 4.23. The van der Waals surface area contributed by atoms with Gasteiger partial charge in [-0.3, -0.25) is 0 Å². The summed E-state index contributed by atoms with van der Waals surface area (Å²) in [5.74, 6) is 0. The number of hydrogen-bond acceptors (Lipinski definition) is 4. The fourth-order valence-corrected chi connectivity index (χ4v) is 2.64. The Bertz CT molecular complexity index is 493. The number of benzene rings is 1. The molecule has 0 aliphatic rings. The molecule has 0 radical (unpaired) electrons. The highest BCUT2D eigenvalue weighted by atomic mass is 16.4. The van der Waals surface area contributed by atoms with Crippen LogP contribution in [-0.2, 0) is 0 Å².